The highest BCUT2D eigenvalue weighted by Gasteiger charge is 2.27. The third-order valence-corrected chi connectivity index (χ3v) is 5.37. The van der Waals surface area contributed by atoms with Crippen molar-refractivity contribution in [3.8, 4) is 0 Å². The number of aromatic nitrogens is 1. The van der Waals surface area contributed by atoms with Crippen LogP contribution in [0.15, 0.2) is 35.8 Å². The van der Waals surface area contributed by atoms with E-state index in [1.165, 1.54) is 11.3 Å². The van der Waals surface area contributed by atoms with E-state index in [1.54, 1.807) is 0 Å². The number of carbonyl (C=O) groups excluding carboxylic acids is 1. The summed E-state index contributed by atoms with van der Waals surface area (Å²) in [4.78, 5) is 22.1. The molecule has 3 rings (SSSR count). The lowest BCUT2D eigenvalue weighted by Gasteiger charge is -2.37. The molecule has 0 unspecified atom stereocenters. The molecule has 22 heavy (non-hydrogen) atoms. The summed E-state index contributed by atoms with van der Waals surface area (Å²) < 4.78 is 0. The number of hydrogen-bond acceptors (Lipinski definition) is 4. The number of pyridine rings is 1. The van der Waals surface area contributed by atoms with E-state index in [9.17, 15) is 4.79 Å². The standard InChI is InChI=1S/C17H21N3OS/c1-13-8-12-22-16(13)17(21)19(2)14-6-10-20(11-7-14)15-5-3-4-9-18-15/h3-5,8-9,12,14H,6-7,10-11H2,1-2H3. The first-order chi connectivity index (χ1) is 10.7. The molecule has 2 aromatic heterocycles. The molecule has 1 aliphatic heterocycles. The molecule has 2 aromatic rings. The number of piperidine rings is 1. The van der Waals surface area contributed by atoms with Crippen LogP contribution in [-0.2, 0) is 0 Å². The van der Waals surface area contributed by atoms with Gasteiger partial charge < -0.3 is 9.80 Å². The topological polar surface area (TPSA) is 36.4 Å². The number of anilines is 1. The molecule has 5 heteroatoms. The second-order valence-electron chi connectivity index (χ2n) is 5.75. The Labute approximate surface area is 135 Å². The van der Waals surface area contributed by atoms with E-state index < -0.39 is 0 Å². The van der Waals surface area contributed by atoms with Crippen molar-refractivity contribution < 1.29 is 4.79 Å². The van der Waals surface area contributed by atoms with Crippen molar-refractivity contribution >= 4 is 23.1 Å². The van der Waals surface area contributed by atoms with Crippen LogP contribution in [0.3, 0.4) is 0 Å². The molecule has 1 fully saturated rings. The van der Waals surface area contributed by atoms with Gasteiger partial charge in [-0.2, -0.15) is 0 Å². The Morgan fingerprint density at radius 1 is 1.32 bits per heavy atom. The summed E-state index contributed by atoms with van der Waals surface area (Å²) in [5, 5.41) is 1.99. The van der Waals surface area contributed by atoms with E-state index in [0.717, 1.165) is 42.2 Å². The van der Waals surface area contributed by atoms with Gasteiger partial charge >= 0.3 is 0 Å². The molecule has 0 atom stereocenters. The Kier molecular flexibility index (Phi) is 4.43. The maximum absolute atomic E-state index is 12.6. The van der Waals surface area contributed by atoms with E-state index in [-0.39, 0.29) is 5.91 Å². The maximum Gasteiger partial charge on any atom is 0.264 e. The zero-order valence-electron chi connectivity index (χ0n) is 13.0. The molecule has 0 N–H and O–H groups in total. The fraction of sp³-hybridized carbons (Fsp3) is 0.412. The van der Waals surface area contributed by atoms with Gasteiger partial charge in [0.05, 0.1) is 4.88 Å². The fourth-order valence-corrected chi connectivity index (χ4v) is 3.85. The normalized spacial score (nSPS) is 15.8. The molecule has 4 nitrogen and oxygen atoms in total. The first-order valence-electron chi connectivity index (χ1n) is 7.64. The monoisotopic (exact) mass is 315 g/mol. The first kappa shape index (κ1) is 15.0. The SMILES string of the molecule is Cc1ccsc1C(=O)N(C)C1CCN(c2ccccn2)CC1. The summed E-state index contributed by atoms with van der Waals surface area (Å²) in [5.41, 5.74) is 1.08. The Hall–Kier alpha value is -1.88. The Morgan fingerprint density at radius 3 is 2.68 bits per heavy atom. The molecule has 1 saturated heterocycles. The van der Waals surface area contributed by atoms with Gasteiger partial charge in [0.25, 0.3) is 5.91 Å². The van der Waals surface area contributed by atoms with Crippen molar-refractivity contribution in [3.63, 3.8) is 0 Å². The molecule has 0 radical (unpaired) electrons. The Bertz CT molecular complexity index is 632. The average molecular weight is 315 g/mol. The molecular weight excluding hydrogens is 294 g/mol. The van der Waals surface area contributed by atoms with Gasteiger partial charge in [-0.3, -0.25) is 4.79 Å². The highest BCUT2D eigenvalue weighted by atomic mass is 32.1. The van der Waals surface area contributed by atoms with Crippen molar-refractivity contribution in [2.75, 3.05) is 25.0 Å². The number of thiophene rings is 1. The van der Waals surface area contributed by atoms with Gasteiger partial charge in [0.2, 0.25) is 0 Å². The average Bonchev–Trinajstić information content (AvgIpc) is 3.00. The number of carbonyl (C=O) groups is 1. The summed E-state index contributed by atoms with van der Waals surface area (Å²) in [5.74, 6) is 1.19. The summed E-state index contributed by atoms with van der Waals surface area (Å²) in [6, 6.07) is 8.32. The van der Waals surface area contributed by atoms with E-state index in [1.807, 2.05) is 54.7 Å². The van der Waals surface area contributed by atoms with Crippen LogP contribution in [0, 0.1) is 6.92 Å². The van der Waals surface area contributed by atoms with Gasteiger partial charge in [-0.15, -0.1) is 11.3 Å². The maximum atomic E-state index is 12.6. The number of rotatable bonds is 3. The molecule has 0 aromatic carbocycles. The first-order valence-corrected chi connectivity index (χ1v) is 8.52. The second-order valence-corrected chi connectivity index (χ2v) is 6.67. The molecule has 116 valence electrons. The smallest absolute Gasteiger partial charge is 0.264 e. The third kappa shape index (κ3) is 2.99. The molecule has 3 heterocycles. The van der Waals surface area contributed by atoms with Gasteiger partial charge in [-0.25, -0.2) is 4.98 Å². The van der Waals surface area contributed by atoms with Gasteiger partial charge in [-0.1, -0.05) is 6.07 Å². The van der Waals surface area contributed by atoms with E-state index in [4.69, 9.17) is 0 Å². The van der Waals surface area contributed by atoms with Gasteiger partial charge in [-0.05, 0) is 48.9 Å². The van der Waals surface area contributed by atoms with Crippen LogP contribution in [0.2, 0.25) is 0 Å². The minimum atomic E-state index is 0.156. The van der Waals surface area contributed by atoms with Crippen molar-refractivity contribution in [2.45, 2.75) is 25.8 Å². The summed E-state index contributed by atoms with van der Waals surface area (Å²) in [7, 11) is 1.93. The Balaban J connectivity index is 1.61. The fourth-order valence-electron chi connectivity index (χ4n) is 2.94. The van der Waals surface area contributed by atoms with Crippen LogP contribution in [0.1, 0.15) is 28.1 Å². The van der Waals surface area contributed by atoms with Crippen molar-refractivity contribution in [1.29, 1.82) is 0 Å². The minimum absolute atomic E-state index is 0.156. The number of amides is 1. The Morgan fingerprint density at radius 2 is 2.09 bits per heavy atom. The minimum Gasteiger partial charge on any atom is -0.356 e. The molecule has 0 saturated carbocycles. The second kappa shape index (κ2) is 6.48. The van der Waals surface area contributed by atoms with E-state index >= 15 is 0 Å². The zero-order chi connectivity index (χ0) is 15.5. The van der Waals surface area contributed by atoms with Crippen LogP contribution in [0.5, 0.6) is 0 Å². The van der Waals surface area contributed by atoms with E-state index in [2.05, 4.69) is 9.88 Å². The van der Waals surface area contributed by atoms with Crippen LogP contribution in [0.25, 0.3) is 0 Å². The largest absolute Gasteiger partial charge is 0.356 e. The quantitative estimate of drug-likeness (QED) is 0.873. The third-order valence-electron chi connectivity index (χ3n) is 4.36. The van der Waals surface area contributed by atoms with Crippen LogP contribution in [-0.4, -0.2) is 42.0 Å². The van der Waals surface area contributed by atoms with Crippen LogP contribution < -0.4 is 4.90 Å². The number of nitrogens with zero attached hydrogens (tertiary/aromatic N) is 3. The number of aryl methyl sites for hydroxylation is 1. The highest BCUT2D eigenvalue weighted by molar-refractivity contribution is 7.12. The lowest BCUT2D eigenvalue weighted by atomic mass is 10.0. The van der Waals surface area contributed by atoms with E-state index in [0.29, 0.717) is 6.04 Å². The van der Waals surface area contributed by atoms with Crippen molar-refractivity contribution in [1.82, 2.24) is 9.88 Å². The van der Waals surface area contributed by atoms with Crippen molar-refractivity contribution in [3.05, 3.63) is 46.3 Å². The summed E-state index contributed by atoms with van der Waals surface area (Å²) in [6.45, 7) is 3.90. The lowest BCUT2D eigenvalue weighted by molar-refractivity contribution is 0.0713. The predicted molar refractivity (Wildman–Crippen MR) is 90.6 cm³/mol. The predicted octanol–water partition coefficient (Wildman–Crippen LogP) is 3.19. The van der Waals surface area contributed by atoms with Gasteiger partial charge in [0.15, 0.2) is 0 Å². The molecule has 0 spiro atoms. The molecule has 1 aliphatic rings. The summed E-state index contributed by atoms with van der Waals surface area (Å²) in [6.07, 6.45) is 3.81. The van der Waals surface area contributed by atoms with Crippen LogP contribution >= 0.6 is 11.3 Å². The van der Waals surface area contributed by atoms with Gasteiger partial charge in [0.1, 0.15) is 5.82 Å². The molecule has 1 amide bonds. The highest BCUT2D eigenvalue weighted by Crippen LogP contribution is 2.23. The van der Waals surface area contributed by atoms with Gasteiger partial charge in [0, 0.05) is 32.4 Å². The molecular formula is C17H21N3OS. The number of hydrogen-bond donors (Lipinski definition) is 0. The summed E-state index contributed by atoms with van der Waals surface area (Å²) >= 11 is 1.54. The zero-order valence-corrected chi connectivity index (χ0v) is 13.8. The van der Waals surface area contributed by atoms with Crippen LogP contribution in [0.4, 0.5) is 5.82 Å². The molecule has 0 aliphatic carbocycles. The lowest BCUT2D eigenvalue weighted by Crippen LogP contribution is -2.45. The molecule has 0 bridgehead atoms. The van der Waals surface area contributed by atoms with Crippen molar-refractivity contribution in [2.24, 2.45) is 0 Å².